The van der Waals surface area contributed by atoms with Gasteiger partial charge in [0.05, 0.1) is 26.2 Å². The molecule has 8 heteroatoms. The van der Waals surface area contributed by atoms with E-state index in [0.29, 0.717) is 6.42 Å². The maximum Gasteiger partial charge on any atom is 0.340 e. The number of unbranched alkanes of at least 4 members (excludes halogenated alkanes) is 16. The Kier molecular flexibility index (Phi) is 23.6. The molecule has 0 fully saturated rings. The summed E-state index contributed by atoms with van der Waals surface area (Å²) in [4.78, 5) is 50.6. The Hall–Kier alpha value is -1.96. The van der Waals surface area contributed by atoms with Gasteiger partial charge in [0.1, 0.15) is 0 Å². The number of carbonyl (C=O) groups is 4. The molecule has 0 aromatic carbocycles. The number of hydrogen-bond acceptors (Lipinski definition) is 8. The molecule has 0 aliphatic rings. The Morgan fingerprint density at radius 3 is 1.38 bits per heavy atom. The van der Waals surface area contributed by atoms with E-state index in [1.807, 2.05) is 0 Å². The molecule has 0 amide bonds. The van der Waals surface area contributed by atoms with Crippen molar-refractivity contribution in [1.29, 1.82) is 0 Å². The van der Waals surface area contributed by atoms with Crippen LogP contribution in [0.1, 0.15) is 150 Å². The normalized spacial score (nSPS) is 13.3. The minimum absolute atomic E-state index is 0.00732. The quantitative estimate of drug-likeness (QED) is 0.0484. The summed E-state index contributed by atoms with van der Waals surface area (Å²) in [5.74, 6) is -5.65. The van der Waals surface area contributed by atoms with Gasteiger partial charge in [-0.2, -0.15) is 0 Å². The lowest BCUT2D eigenvalue weighted by Gasteiger charge is -2.30. The molecular weight excluding hydrogens is 512 g/mol. The van der Waals surface area contributed by atoms with Crippen molar-refractivity contribution >= 4 is 23.7 Å². The fraction of sp³-hybridized carbons (Fsp3) is 0.875. The lowest BCUT2D eigenvalue weighted by Crippen LogP contribution is -2.55. The maximum absolute atomic E-state index is 13.1. The fourth-order valence-electron chi connectivity index (χ4n) is 4.97. The van der Waals surface area contributed by atoms with Crippen LogP contribution in [0.5, 0.6) is 0 Å². The van der Waals surface area contributed by atoms with Crippen molar-refractivity contribution < 1.29 is 38.5 Å². The van der Waals surface area contributed by atoms with Crippen LogP contribution in [0.2, 0.25) is 0 Å². The molecule has 0 heterocycles. The van der Waals surface area contributed by atoms with Crippen LogP contribution in [0.25, 0.3) is 0 Å². The average molecular weight is 571 g/mol. The van der Waals surface area contributed by atoms with Gasteiger partial charge in [-0.1, -0.05) is 110 Å². The van der Waals surface area contributed by atoms with Crippen molar-refractivity contribution in [3.63, 3.8) is 0 Å². The predicted molar refractivity (Wildman–Crippen MR) is 157 cm³/mol. The summed E-state index contributed by atoms with van der Waals surface area (Å²) in [5, 5.41) is 11.2. The molecule has 8 nitrogen and oxygen atoms in total. The summed E-state index contributed by atoms with van der Waals surface area (Å²) in [6.45, 7) is 6.81. The molecule has 234 valence electrons. The van der Waals surface area contributed by atoms with E-state index in [9.17, 15) is 24.3 Å². The highest BCUT2D eigenvalue weighted by atomic mass is 16.6. The Balaban J connectivity index is 4.45. The zero-order valence-electron chi connectivity index (χ0n) is 25.9. The van der Waals surface area contributed by atoms with Crippen molar-refractivity contribution in [2.45, 2.75) is 155 Å². The van der Waals surface area contributed by atoms with E-state index in [0.717, 1.165) is 19.3 Å². The van der Waals surface area contributed by atoms with Crippen molar-refractivity contribution in [2.75, 3.05) is 19.8 Å². The first-order valence-corrected chi connectivity index (χ1v) is 16.0. The van der Waals surface area contributed by atoms with Crippen LogP contribution in [0.3, 0.4) is 0 Å². The van der Waals surface area contributed by atoms with Gasteiger partial charge in [0, 0.05) is 6.42 Å². The second-order valence-electron chi connectivity index (χ2n) is 10.7. The minimum Gasteiger partial charge on any atom is -0.466 e. The van der Waals surface area contributed by atoms with E-state index in [-0.39, 0.29) is 26.2 Å². The molecule has 0 aliphatic heterocycles. The van der Waals surface area contributed by atoms with Crippen molar-refractivity contribution in [3.05, 3.63) is 0 Å². The first-order valence-electron chi connectivity index (χ1n) is 16.0. The zero-order chi connectivity index (χ0) is 30.1. The number of Topliss-reactive ketones (excluding diaryl/α,β-unsaturated/α-hetero) is 1. The fourth-order valence-corrected chi connectivity index (χ4v) is 4.97. The van der Waals surface area contributed by atoms with Gasteiger partial charge in [-0.15, -0.1) is 0 Å². The number of ketones is 1. The van der Waals surface area contributed by atoms with Crippen LogP contribution >= 0.6 is 0 Å². The third-order valence-corrected chi connectivity index (χ3v) is 7.20. The molecule has 0 bridgehead atoms. The van der Waals surface area contributed by atoms with Crippen LogP contribution in [-0.2, 0) is 33.4 Å². The SMILES string of the molecule is CCCCCCCCCCCCCCCCCCCC(=O)C(C(=O)OCC)C(O)(CC(=O)OCC)C(=O)OCC. The molecule has 0 saturated carbocycles. The number of rotatable bonds is 27. The van der Waals surface area contributed by atoms with Gasteiger partial charge in [0.25, 0.3) is 0 Å². The second kappa shape index (κ2) is 24.8. The summed E-state index contributed by atoms with van der Waals surface area (Å²) in [5.41, 5.74) is -2.68. The highest BCUT2D eigenvalue weighted by molar-refractivity contribution is 6.06. The number of aliphatic hydroxyl groups is 1. The van der Waals surface area contributed by atoms with Gasteiger partial charge in [0.2, 0.25) is 0 Å². The summed E-state index contributed by atoms with van der Waals surface area (Å²) < 4.78 is 14.8. The van der Waals surface area contributed by atoms with Crippen LogP contribution in [-0.4, -0.2) is 54.2 Å². The van der Waals surface area contributed by atoms with Gasteiger partial charge < -0.3 is 19.3 Å². The van der Waals surface area contributed by atoms with E-state index in [1.165, 1.54) is 90.4 Å². The van der Waals surface area contributed by atoms with E-state index in [2.05, 4.69) is 6.92 Å². The number of carbonyl (C=O) groups excluding carboxylic acids is 4. The molecule has 0 aliphatic carbocycles. The summed E-state index contributed by atoms with van der Waals surface area (Å²) in [6.07, 6.45) is 19.7. The molecule has 0 aromatic rings. The minimum atomic E-state index is -2.68. The lowest BCUT2D eigenvalue weighted by atomic mass is 9.80. The molecule has 2 unspecified atom stereocenters. The van der Waals surface area contributed by atoms with Gasteiger partial charge in [0.15, 0.2) is 17.3 Å². The average Bonchev–Trinajstić information content (AvgIpc) is 2.90. The zero-order valence-corrected chi connectivity index (χ0v) is 25.9. The second-order valence-corrected chi connectivity index (χ2v) is 10.7. The third kappa shape index (κ3) is 17.0. The first kappa shape index (κ1) is 38.0. The van der Waals surface area contributed by atoms with Gasteiger partial charge >= 0.3 is 17.9 Å². The molecule has 0 saturated heterocycles. The largest absolute Gasteiger partial charge is 0.466 e. The number of hydrogen-bond donors (Lipinski definition) is 1. The van der Waals surface area contributed by atoms with Gasteiger partial charge in [-0.25, -0.2) is 4.79 Å². The van der Waals surface area contributed by atoms with Crippen LogP contribution in [0.15, 0.2) is 0 Å². The molecular formula is C32H58O8. The third-order valence-electron chi connectivity index (χ3n) is 7.20. The smallest absolute Gasteiger partial charge is 0.340 e. The number of ether oxygens (including phenoxy) is 3. The van der Waals surface area contributed by atoms with Crippen molar-refractivity contribution in [1.82, 2.24) is 0 Å². The van der Waals surface area contributed by atoms with E-state index in [1.54, 1.807) is 13.8 Å². The standard InChI is InChI=1S/C32H58O8/c1-5-9-10-11-12-13-14-15-16-17-18-19-20-21-22-23-24-25-27(33)29(30(35)39-7-3)32(37,31(36)40-8-4)26-28(34)38-6-2/h29,37H,5-26H2,1-4H3. The molecule has 0 rings (SSSR count). The lowest BCUT2D eigenvalue weighted by molar-refractivity contribution is -0.187. The topological polar surface area (TPSA) is 116 Å². The molecule has 0 spiro atoms. The Morgan fingerprint density at radius 1 is 0.575 bits per heavy atom. The Morgan fingerprint density at radius 2 is 0.975 bits per heavy atom. The molecule has 0 radical (unpaired) electrons. The predicted octanol–water partition coefficient (Wildman–Crippen LogP) is 7.02. The summed E-state index contributed by atoms with van der Waals surface area (Å²) in [6, 6.07) is 0. The van der Waals surface area contributed by atoms with Crippen molar-refractivity contribution in [3.8, 4) is 0 Å². The Labute approximate surface area is 243 Å². The molecule has 1 N–H and O–H groups in total. The summed E-state index contributed by atoms with van der Waals surface area (Å²) >= 11 is 0. The van der Waals surface area contributed by atoms with Crippen LogP contribution < -0.4 is 0 Å². The first-order chi connectivity index (χ1) is 19.3. The highest BCUT2D eigenvalue weighted by Gasteiger charge is 2.55. The Bertz CT molecular complexity index is 692. The summed E-state index contributed by atoms with van der Waals surface area (Å²) in [7, 11) is 0. The van der Waals surface area contributed by atoms with Gasteiger partial charge in [-0.05, 0) is 27.2 Å². The maximum atomic E-state index is 13.1. The monoisotopic (exact) mass is 570 g/mol. The molecule has 40 heavy (non-hydrogen) atoms. The number of esters is 3. The van der Waals surface area contributed by atoms with Gasteiger partial charge in [-0.3, -0.25) is 14.4 Å². The molecule has 0 aromatic heterocycles. The van der Waals surface area contributed by atoms with E-state index < -0.39 is 41.6 Å². The van der Waals surface area contributed by atoms with E-state index in [4.69, 9.17) is 14.2 Å². The molecule has 2 atom stereocenters. The van der Waals surface area contributed by atoms with Crippen LogP contribution in [0.4, 0.5) is 0 Å². The van der Waals surface area contributed by atoms with Crippen molar-refractivity contribution in [2.24, 2.45) is 5.92 Å². The van der Waals surface area contributed by atoms with E-state index >= 15 is 0 Å². The van der Waals surface area contributed by atoms with Crippen LogP contribution in [0, 0.1) is 5.92 Å². The highest BCUT2D eigenvalue weighted by Crippen LogP contribution is 2.29.